The van der Waals surface area contributed by atoms with Gasteiger partial charge in [0.05, 0.1) is 32.7 Å². The van der Waals surface area contributed by atoms with Gasteiger partial charge in [-0.2, -0.15) is 5.10 Å². The van der Waals surface area contributed by atoms with Crippen molar-refractivity contribution < 1.29 is 19.1 Å². The molecule has 2 aromatic heterocycles. The highest BCUT2D eigenvalue weighted by Gasteiger charge is 2.28. The summed E-state index contributed by atoms with van der Waals surface area (Å²) in [6.07, 6.45) is 4.96. The second-order valence-corrected chi connectivity index (χ2v) is 6.93. The van der Waals surface area contributed by atoms with E-state index in [1.807, 2.05) is 12.1 Å². The number of hydrogen-bond donors (Lipinski definition) is 2. The molecule has 4 rings (SSSR count). The van der Waals surface area contributed by atoms with Gasteiger partial charge in [0.25, 0.3) is 11.8 Å². The number of rotatable bonds is 6. The Hall–Kier alpha value is -3.95. The molecule has 31 heavy (non-hydrogen) atoms. The molecule has 0 bridgehead atoms. The van der Waals surface area contributed by atoms with Gasteiger partial charge in [-0.05, 0) is 12.5 Å². The van der Waals surface area contributed by atoms with Crippen LogP contribution in [0.25, 0.3) is 0 Å². The lowest BCUT2D eigenvalue weighted by Crippen LogP contribution is -2.37. The number of carbonyl (C=O) groups is 2. The van der Waals surface area contributed by atoms with Gasteiger partial charge in [0.1, 0.15) is 5.69 Å². The van der Waals surface area contributed by atoms with Crippen molar-refractivity contribution in [2.45, 2.75) is 19.5 Å². The number of nitrogens with one attached hydrogen (secondary N) is 2. The maximum absolute atomic E-state index is 12.8. The lowest BCUT2D eigenvalue weighted by atomic mass is 10.0. The molecule has 0 radical (unpaired) electrons. The van der Waals surface area contributed by atoms with Crippen LogP contribution in [0.3, 0.4) is 0 Å². The number of H-pyrrole nitrogens is 1. The molecule has 0 saturated carbocycles. The second-order valence-electron chi connectivity index (χ2n) is 6.93. The molecular formula is C21H22N6O4. The minimum atomic E-state index is -0.295. The molecule has 0 fully saturated rings. The maximum atomic E-state index is 12.8. The summed E-state index contributed by atoms with van der Waals surface area (Å²) in [4.78, 5) is 35.0. The van der Waals surface area contributed by atoms with Crippen molar-refractivity contribution in [2.24, 2.45) is 0 Å². The van der Waals surface area contributed by atoms with Gasteiger partial charge >= 0.3 is 0 Å². The number of aromatic amines is 1. The first kappa shape index (κ1) is 20.3. The van der Waals surface area contributed by atoms with Crippen LogP contribution in [-0.4, -0.2) is 57.6 Å². The van der Waals surface area contributed by atoms with E-state index in [1.54, 1.807) is 25.2 Å². The number of aromatic nitrogens is 4. The minimum absolute atomic E-state index is 0.204. The third kappa shape index (κ3) is 4.04. The van der Waals surface area contributed by atoms with Crippen LogP contribution in [0.1, 0.15) is 37.8 Å². The van der Waals surface area contributed by atoms with Crippen LogP contribution in [0.15, 0.2) is 36.8 Å². The van der Waals surface area contributed by atoms with Gasteiger partial charge in [0, 0.05) is 36.6 Å². The number of ether oxygens (including phenoxy) is 2. The first-order valence-electron chi connectivity index (χ1n) is 9.71. The third-order valence-corrected chi connectivity index (χ3v) is 5.14. The average Bonchev–Trinajstić information content (AvgIpc) is 3.25. The van der Waals surface area contributed by atoms with Crippen LogP contribution >= 0.6 is 0 Å². The fraction of sp³-hybridized carbons (Fsp3) is 0.286. The van der Waals surface area contributed by atoms with E-state index in [0.29, 0.717) is 36.7 Å². The largest absolute Gasteiger partial charge is 0.493 e. The van der Waals surface area contributed by atoms with Gasteiger partial charge in [-0.25, -0.2) is 4.98 Å². The second kappa shape index (κ2) is 8.82. The topological polar surface area (TPSA) is 122 Å². The quantitative estimate of drug-likeness (QED) is 0.615. The molecule has 0 unspecified atom stereocenters. The van der Waals surface area contributed by atoms with E-state index in [9.17, 15) is 9.59 Å². The van der Waals surface area contributed by atoms with Gasteiger partial charge < -0.3 is 19.7 Å². The molecular weight excluding hydrogens is 400 g/mol. The van der Waals surface area contributed by atoms with Crippen LogP contribution in [0.2, 0.25) is 0 Å². The Labute approximate surface area is 178 Å². The van der Waals surface area contributed by atoms with Crippen molar-refractivity contribution in [1.29, 1.82) is 0 Å². The SMILES string of the molecule is COc1cccc(CNC(=O)c2n[nH]c3c2CCN(C(=O)c2cnccn2)C3)c1OC. The van der Waals surface area contributed by atoms with Crippen LogP contribution < -0.4 is 14.8 Å². The van der Waals surface area contributed by atoms with Gasteiger partial charge in [0.2, 0.25) is 0 Å². The summed E-state index contributed by atoms with van der Waals surface area (Å²) in [5.74, 6) is 0.673. The van der Waals surface area contributed by atoms with Crippen molar-refractivity contribution >= 4 is 11.8 Å². The number of carbonyl (C=O) groups excluding carboxylic acids is 2. The Kier molecular flexibility index (Phi) is 5.78. The van der Waals surface area contributed by atoms with Crippen molar-refractivity contribution in [1.82, 2.24) is 30.4 Å². The summed E-state index contributed by atoms with van der Waals surface area (Å²) in [5.41, 5.74) is 2.98. The Morgan fingerprint density at radius 1 is 1.23 bits per heavy atom. The summed E-state index contributed by atoms with van der Waals surface area (Å²) in [6.45, 7) is 1.05. The van der Waals surface area contributed by atoms with Crippen molar-refractivity contribution in [3.8, 4) is 11.5 Å². The van der Waals surface area contributed by atoms with Gasteiger partial charge in [-0.15, -0.1) is 0 Å². The lowest BCUT2D eigenvalue weighted by molar-refractivity contribution is 0.0726. The standard InChI is InChI=1S/C21H22N6O4/c1-30-17-5-3-4-13(19(17)31-2)10-24-20(28)18-14-6-9-27(12-16(14)25-26-18)21(29)15-11-22-7-8-23-15/h3-5,7-8,11H,6,9-10,12H2,1-2H3,(H,24,28)(H,25,26). The van der Waals surface area contributed by atoms with Gasteiger partial charge in [-0.3, -0.25) is 19.7 Å². The lowest BCUT2D eigenvalue weighted by Gasteiger charge is -2.26. The van der Waals surface area contributed by atoms with E-state index in [-0.39, 0.29) is 24.1 Å². The number of benzene rings is 1. The number of hydrogen-bond acceptors (Lipinski definition) is 7. The molecule has 1 aromatic carbocycles. The molecule has 1 aliphatic heterocycles. The molecule has 2 amide bonds. The van der Waals surface area contributed by atoms with Crippen molar-refractivity contribution in [2.75, 3.05) is 20.8 Å². The number of methoxy groups -OCH3 is 2. The average molecular weight is 422 g/mol. The van der Waals surface area contributed by atoms with Gasteiger partial charge in [-0.1, -0.05) is 12.1 Å². The Morgan fingerprint density at radius 2 is 2.10 bits per heavy atom. The first-order chi connectivity index (χ1) is 15.1. The highest BCUT2D eigenvalue weighted by Crippen LogP contribution is 2.30. The molecule has 10 nitrogen and oxygen atoms in total. The van der Waals surface area contributed by atoms with E-state index in [2.05, 4.69) is 25.5 Å². The van der Waals surface area contributed by atoms with E-state index >= 15 is 0 Å². The molecule has 160 valence electrons. The number of fused-ring (bicyclic) bond motifs is 1. The molecule has 0 saturated heterocycles. The van der Waals surface area contributed by atoms with Gasteiger partial charge in [0.15, 0.2) is 17.2 Å². The fourth-order valence-electron chi connectivity index (χ4n) is 3.60. The zero-order valence-electron chi connectivity index (χ0n) is 17.2. The van der Waals surface area contributed by atoms with Crippen LogP contribution in [0.5, 0.6) is 11.5 Å². The minimum Gasteiger partial charge on any atom is -0.493 e. The molecule has 10 heteroatoms. The normalized spacial score (nSPS) is 12.8. The molecule has 0 spiro atoms. The van der Waals surface area contributed by atoms with Crippen LogP contribution in [-0.2, 0) is 19.5 Å². The Bertz CT molecular complexity index is 1100. The Balaban J connectivity index is 1.44. The number of para-hydroxylation sites is 1. The van der Waals surface area contributed by atoms with E-state index < -0.39 is 0 Å². The third-order valence-electron chi connectivity index (χ3n) is 5.14. The maximum Gasteiger partial charge on any atom is 0.274 e. The monoisotopic (exact) mass is 422 g/mol. The highest BCUT2D eigenvalue weighted by atomic mass is 16.5. The van der Waals surface area contributed by atoms with Crippen LogP contribution in [0, 0.1) is 0 Å². The zero-order valence-corrected chi connectivity index (χ0v) is 17.2. The summed E-state index contributed by atoms with van der Waals surface area (Å²) in [5, 5.41) is 9.97. The van der Waals surface area contributed by atoms with Crippen LogP contribution in [0.4, 0.5) is 0 Å². The molecule has 3 aromatic rings. The molecule has 0 aliphatic carbocycles. The number of amides is 2. The predicted octanol–water partition coefficient (Wildman–Crippen LogP) is 1.35. The van der Waals surface area contributed by atoms with E-state index in [1.165, 1.54) is 18.6 Å². The molecule has 3 heterocycles. The summed E-state index contributed by atoms with van der Waals surface area (Å²) < 4.78 is 10.7. The summed E-state index contributed by atoms with van der Waals surface area (Å²) in [7, 11) is 3.12. The molecule has 1 aliphatic rings. The summed E-state index contributed by atoms with van der Waals surface area (Å²) in [6, 6.07) is 5.49. The van der Waals surface area contributed by atoms with Crippen molar-refractivity contribution in [3.63, 3.8) is 0 Å². The highest BCUT2D eigenvalue weighted by molar-refractivity contribution is 5.95. The fourth-order valence-corrected chi connectivity index (χ4v) is 3.60. The first-order valence-corrected chi connectivity index (χ1v) is 9.71. The molecule has 0 atom stereocenters. The predicted molar refractivity (Wildman–Crippen MR) is 110 cm³/mol. The Morgan fingerprint density at radius 3 is 2.84 bits per heavy atom. The smallest absolute Gasteiger partial charge is 0.274 e. The summed E-state index contributed by atoms with van der Waals surface area (Å²) >= 11 is 0. The van der Waals surface area contributed by atoms with E-state index in [0.717, 1.165) is 16.8 Å². The molecule has 2 N–H and O–H groups in total. The van der Waals surface area contributed by atoms with E-state index in [4.69, 9.17) is 9.47 Å². The zero-order chi connectivity index (χ0) is 21.8. The number of nitrogens with zero attached hydrogens (tertiary/aromatic N) is 4. The van der Waals surface area contributed by atoms with Crippen molar-refractivity contribution in [3.05, 3.63) is 65.0 Å².